The molecule has 16 N–H and O–H groups in total. The Hall–Kier alpha value is -9.44. The minimum absolute atomic E-state index is 0. The van der Waals surface area contributed by atoms with Gasteiger partial charge in [-0.1, -0.05) is 60.7 Å². The molecule has 1 fully saturated rings. The fraction of sp³-hybridized carbons (Fsp3) is 0.477. The van der Waals surface area contributed by atoms with E-state index in [4.69, 9.17) is 5.73 Å². The maximum absolute atomic E-state index is 14.5. The number of carboxylic acid groups (broad SMARTS) is 4. The Bertz CT molecular complexity index is 3530. The number of aliphatic hydroxyl groups is 2. The van der Waals surface area contributed by atoms with Crippen LogP contribution in [0.4, 0.5) is 0 Å². The monoisotopic (exact) mass is 1560 g/mol. The summed E-state index contributed by atoms with van der Waals surface area (Å²) in [6.45, 7) is -3.94. The average molecular weight is 1560 g/mol. The number of nitrogens with one attached hydrogen (secondary N) is 10. The number of aromatic amines is 1. The number of aromatic hydroxyl groups is 1. The summed E-state index contributed by atoms with van der Waals surface area (Å²) in [5.41, 5.74) is 7.76. The number of rotatable bonds is 39. The molecule has 0 unspecified atom stereocenters. The van der Waals surface area contributed by atoms with Crippen molar-refractivity contribution in [2.24, 2.45) is 5.73 Å². The fourth-order valence-electron chi connectivity index (χ4n) is 10.7. The number of hydrogen-bond donors (Lipinski definition) is 15. The van der Waals surface area contributed by atoms with E-state index in [1.165, 1.54) is 62.6 Å². The van der Waals surface area contributed by atoms with Gasteiger partial charge in [-0.05, 0) is 60.2 Å². The number of carbonyl (C=O) groups is 14. The summed E-state index contributed by atoms with van der Waals surface area (Å²) >= 11 is 1.28. The number of aromatic nitrogens is 1. The molecule has 0 saturated carbocycles. The number of carboxylic acids is 4. The second-order valence-electron chi connectivity index (χ2n) is 24.0. The fourth-order valence-corrected chi connectivity index (χ4v) is 11.1. The number of phenolic OH excluding ortho intramolecular Hbond substituents is 1. The van der Waals surface area contributed by atoms with E-state index in [9.17, 15) is 103 Å². The number of nitrogens with two attached hydrogens (primary N) is 1. The van der Waals surface area contributed by atoms with Crippen molar-refractivity contribution in [3.63, 3.8) is 0 Å². The number of benzene rings is 3. The van der Waals surface area contributed by atoms with Crippen molar-refractivity contribution in [2.75, 3.05) is 110 Å². The third-order valence-electron chi connectivity index (χ3n) is 16.1. The zero-order valence-corrected chi connectivity index (χ0v) is 60.7. The van der Waals surface area contributed by atoms with Crippen LogP contribution in [0.15, 0.2) is 85.1 Å². The number of nitrogens with zero attached hydrogens (tertiary/aromatic N) is 4. The first-order valence-electron chi connectivity index (χ1n) is 32.3. The van der Waals surface area contributed by atoms with E-state index in [0.29, 0.717) is 27.6 Å². The van der Waals surface area contributed by atoms with E-state index in [0.717, 1.165) is 0 Å². The van der Waals surface area contributed by atoms with Gasteiger partial charge in [-0.2, -0.15) is 11.8 Å². The van der Waals surface area contributed by atoms with Crippen LogP contribution in [-0.4, -0.2) is 312 Å². The molecule has 3 aromatic carbocycles. The summed E-state index contributed by atoms with van der Waals surface area (Å²) in [6.07, 6.45) is 1.70. The second kappa shape index (κ2) is 44.2. The number of hydrogen-bond acceptors (Lipinski definition) is 25. The molecule has 0 spiro atoms. The number of thioether (sulfide) groups is 1. The van der Waals surface area contributed by atoms with Crippen LogP contribution in [0.1, 0.15) is 36.5 Å². The Balaban J connectivity index is 0.0000225. The number of fused-ring (bicyclic) bond motifs is 1. The summed E-state index contributed by atoms with van der Waals surface area (Å²) < 4.78 is 0. The van der Waals surface area contributed by atoms with Crippen LogP contribution >= 0.6 is 11.8 Å². The van der Waals surface area contributed by atoms with Crippen molar-refractivity contribution in [3.05, 3.63) is 102 Å². The Labute approximate surface area is 614 Å². The van der Waals surface area contributed by atoms with Crippen LogP contribution in [0.25, 0.3) is 10.9 Å². The Morgan fingerprint density at radius 1 is 0.505 bits per heavy atom. The molecule has 103 heavy (non-hydrogen) atoms. The molecule has 2 heterocycles. The minimum atomic E-state index is -1.83. The number of primary amides is 1. The largest absolute Gasteiger partial charge is 3.00 e. The maximum atomic E-state index is 14.5. The van der Waals surface area contributed by atoms with Gasteiger partial charge in [0, 0.05) is 108 Å². The summed E-state index contributed by atoms with van der Waals surface area (Å²) in [5.74, 6) is -15.9. The third-order valence-corrected chi connectivity index (χ3v) is 16.8. The molecular formula is C65H86InN15O21S. The first kappa shape index (κ1) is 86.0. The van der Waals surface area contributed by atoms with E-state index in [1.54, 1.807) is 67.0 Å². The van der Waals surface area contributed by atoms with E-state index < -0.39 is 184 Å². The van der Waals surface area contributed by atoms with Gasteiger partial charge in [0.25, 0.3) is 0 Å². The van der Waals surface area contributed by atoms with Gasteiger partial charge in [-0.3, -0.25) is 72.3 Å². The van der Waals surface area contributed by atoms with Gasteiger partial charge >= 0.3 is 31.8 Å². The molecule has 36 nitrogen and oxygen atoms in total. The number of H-pyrrole nitrogens is 1. The molecule has 4 aromatic rings. The van der Waals surface area contributed by atoms with Crippen molar-refractivity contribution in [1.82, 2.24) is 72.4 Å². The van der Waals surface area contributed by atoms with Crippen LogP contribution < -0.4 is 68.9 Å². The molecular weight excluding hydrogens is 1470 g/mol. The van der Waals surface area contributed by atoms with Crippen LogP contribution in [0.5, 0.6) is 5.75 Å². The molecule has 1 saturated heterocycles. The standard InChI is InChI=1S/C65H89N15O21S.In/c1-38(69-64(100)51(37-82)76-65(101)50(36-81)71-53(85)32-77-17-19-78(33-55(88)89)21-23-80(35-57(92)93)24-22-79(20-18-77)34-56(90)91)59(95)74-47(27-40-12-14-42(83)15-13-40)60(96)68-31-52(84)70-48(28-41-30-67-44-11-7-6-10-43(41)44)62(98)72-45(16-25-102-2)61(97)75-49(29-54(86)87)63(99)73-46(58(66)94)26-39-8-4-3-5-9-39;/h3-15,30,38,45-51,67,81-83H,16-29,31-37H2,1-2H3,(H2,66,94)(H,68,96)(H,69,100)(H,70,84)(H,71,85)(H,72,98)(H,73,99)(H,74,95)(H,75,97)(H,76,101)(H,86,87)(H,88,89)(H,90,91)(H,92,93);/q;+3/p-3/t38-,45-,46-,47-,48-,49-,50+,51+;/m0./s1/i;1-4. The summed E-state index contributed by atoms with van der Waals surface area (Å²) in [5, 5.41) is 97.3. The van der Waals surface area contributed by atoms with Gasteiger partial charge in [0.15, 0.2) is 0 Å². The topological polar surface area (TPSA) is 552 Å². The molecule has 0 radical (unpaired) electrons. The number of carbonyl (C=O) groups excluding carboxylic acids is 13. The molecule has 0 bridgehead atoms. The summed E-state index contributed by atoms with van der Waals surface area (Å²) in [4.78, 5) is 193. The van der Waals surface area contributed by atoms with Gasteiger partial charge in [-0.15, -0.1) is 0 Å². The van der Waals surface area contributed by atoms with Gasteiger partial charge in [0.05, 0.1) is 50.6 Å². The number of aliphatic hydroxyl groups excluding tert-OH is 2. The number of aliphatic carboxylic acids is 4. The molecule has 556 valence electrons. The number of phenols is 1. The summed E-state index contributed by atoms with van der Waals surface area (Å²) in [7, 11) is 0. The zero-order chi connectivity index (χ0) is 75.0. The van der Waals surface area contributed by atoms with E-state index >= 15 is 0 Å². The Morgan fingerprint density at radius 2 is 0.932 bits per heavy atom. The molecule has 0 aliphatic carbocycles. The van der Waals surface area contributed by atoms with Crippen LogP contribution in [-0.2, 0) is 86.4 Å². The third kappa shape index (κ3) is 30.6. The van der Waals surface area contributed by atoms with Crippen molar-refractivity contribution in [2.45, 2.75) is 87.4 Å². The molecule has 1 aliphatic heterocycles. The molecule has 10 amide bonds. The molecule has 5 rings (SSSR count). The Morgan fingerprint density at radius 3 is 1.47 bits per heavy atom. The van der Waals surface area contributed by atoms with Gasteiger partial charge in [0.2, 0.25) is 59.1 Å². The summed E-state index contributed by atoms with van der Waals surface area (Å²) in [6, 6.07) is 8.15. The molecule has 8 atom stereocenters. The first-order chi connectivity index (χ1) is 48.5. The normalized spacial score (nSPS) is 15.7. The van der Waals surface area contributed by atoms with Crippen LogP contribution in [0, 0.1) is 0 Å². The first-order valence-corrected chi connectivity index (χ1v) is 33.7. The SMILES string of the molecule is CSCC[C@H](NC(=O)[C@H](Cc1c[nH]c2ccccc12)NC(=O)CNC(=O)[C@H](Cc1ccc(O)cc1)NC(=O)[C@H](C)NC(=O)[C@@H](CO)NC(=O)[C@@H](CO)NC(=O)CN1CCN(CC(=O)[O-])CCN(CC(=O)[O-])CCN(CC(=O)[O-])CC1)C(=O)N[C@@H](CC(=O)O)C(=O)N[C@@H](Cc1ccccc1)C(N)=O.[111In+3]. The minimum Gasteiger partial charge on any atom is -0.549 e. The van der Waals surface area contributed by atoms with E-state index in [1.807, 2.05) is 0 Å². The number of para-hydroxylation sites is 1. The zero-order valence-electron chi connectivity index (χ0n) is 56.6. The number of amides is 10. The quantitative estimate of drug-likeness (QED) is 0.0197. The van der Waals surface area contributed by atoms with Gasteiger partial charge in [-0.25, -0.2) is 0 Å². The van der Waals surface area contributed by atoms with Crippen molar-refractivity contribution in [3.8, 4) is 5.75 Å². The van der Waals surface area contributed by atoms with E-state index in [2.05, 4.69) is 52.8 Å². The van der Waals surface area contributed by atoms with Crippen LogP contribution in [0.2, 0.25) is 0 Å². The van der Waals surface area contributed by atoms with Crippen LogP contribution in [0.3, 0.4) is 0 Å². The molecule has 1 aliphatic rings. The van der Waals surface area contributed by atoms with Gasteiger partial charge < -0.3 is 109 Å². The van der Waals surface area contributed by atoms with Crippen molar-refractivity contribution >= 4 is 131 Å². The predicted molar refractivity (Wildman–Crippen MR) is 363 cm³/mol. The predicted octanol–water partition coefficient (Wildman–Crippen LogP) is -10.3. The second-order valence-corrected chi connectivity index (χ2v) is 25.0. The molecule has 38 heteroatoms. The van der Waals surface area contributed by atoms with Crippen molar-refractivity contribution < 1.29 is 103 Å². The van der Waals surface area contributed by atoms with Crippen molar-refractivity contribution in [1.29, 1.82) is 0 Å². The maximum Gasteiger partial charge on any atom is 3.00 e. The van der Waals surface area contributed by atoms with E-state index in [-0.39, 0.29) is 115 Å². The smallest absolute Gasteiger partial charge is 0.549 e. The average Bonchev–Trinajstić information content (AvgIpc) is 1.74. The molecule has 1 aromatic heterocycles. The van der Waals surface area contributed by atoms with Gasteiger partial charge in [0.1, 0.15) is 54.1 Å². The Kier molecular flexibility index (Phi) is 36.9.